The summed E-state index contributed by atoms with van der Waals surface area (Å²) in [5.74, 6) is -0.211. The summed E-state index contributed by atoms with van der Waals surface area (Å²) >= 11 is 0. The van der Waals surface area contributed by atoms with Crippen molar-refractivity contribution < 1.29 is 37.3 Å². The largest absolute Gasteiger partial charge is 0.756 e. The van der Waals surface area contributed by atoms with Gasteiger partial charge in [0.25, 0.3) is 7.82 Å². The molecule has 2 aliphatic rings. The predicted octanol–water partition coefficient (Wildman–Crippen LogP) is 6.98. The van der Waals surface area contributed by atoms with Crippen LogP contribution in [0.4, 0.5) is 4.79 Å². The van der Waals surface area contributed by atoms with Crippen molar-refractivity contribution >= 4 is 13.9 Å². The summed E-state index contributed by atoms with van der Waals surface area (Å²) in [5.41, 5.74) is 0. The average Bonchev–Trinajstić information content (AvgIpc) is 3.53. The van der Waals surface area contributed by atoms with E-state index in [1.54, 1.807) is 0 Å². The SMILES string of the molecule is CCCCCCCCCCCCCCCCCCNC(=O)OC[C@@H]1[C@H](COP(=O)([O-])OCC[N+](C)(C)C)[C@@H]2CC[C@H]1O2. The summed E-state index contributed by atoms with van der Waals surface area (Å²) in [5, 5.41) is 2.86. The van der Waals surface area contributed by atoms with Gasteiger partial charge in [0, 0.05) is 18.4 Å². The summed E-state index contributed by atoms with van der Waals surface area (Å²) in [4.78, 5) is 24.5. The van der Waals surface area contributed by atoms with Crippen LogP contribution in [0.15, 0.2) is 0 Å². The number of ether oxygens (including phenoxy) is 2. The molecule has 1 amide bonds. The number of rotatable bonds is 26. The first-order chi connectivity index (χ1) is 20.1. The molecule has 0 aliphatic carbocycles. The standard InChI is InChI=1S/C32H63N2O7P/c1-5-6-7-8-9-10-11-12-13-14-15-16-17-18-19-20-23-33-32(35)38-26-28-29(31-22-21-30(28)41-31)27-40-42(36,37)39-25-24-34(2,3)4/h28-31H,5-27H2,1-4H3,(H-,33,35,36,37)/t28-,29+,30-,31+/m1/s1. The van der Waals surface area contributed by atoms with Crippen LogP contribution in [-0.4, -0.2) is 76.8 Å². The molecule has 2 rings (SSSR count). The average molecular weight is 619 g/mol. The molecule has 2 saturated heterocycles. The maximum Gasteiger partial charge on any atom is 0.407 e. The van der Waals surface area contributed by atoms with Gasteiger partial charge in [-0.15, -0.1) is 0 Å². The summed E-state index contributed by atoms with van der Waals surface area (Å²) in [7, 11) is 1.50. The minimum Gasteiger partial charge on any atom is -0.756 e. The fraction of sp³-hybridized carbons (Fsp3) is 0.969. The van der Waals surface area contributed by atoms with E-state index in [9.17, 15) is 14.3 Å². The van der Waals surface area contributed by atoms with Gasteiger partial charge in [0.1, 0.15) is 13.2 Å². The molecule has 0 saturated carbocycles. The van der Waals surface area contributed by atoms with E-state index < -0.39 is 13.9 Å². The molecular formula is C32H63N2O7P. The van der Waals surface area contributed by atoms with Crippen LogP contribution in [-0.2, 0) is 23.1 Å². The molecule has 248 valence electrons. The van der Waals surface area contributed by atoms with Crippen LogP contribution in [0.3, 0.4) is 0 Å². The minimum atomic E-state index is -4.40. The van der Waals surface area contributed by atoms with E-state index in [0.717, 1.165) is 25.7 Å². The van der Waals surface area contributed by atoms with E-state index in [1.807, 2.05) is 21.1 Å². The summed E-state index contributed by atoms with van der Waals surface area (Å²) in [6.07, 6.45) is 22.4. The van der Waals surface area contributed by atoms with Crippen molar-refractivity contribution in [3.05, 3.63) is 0 Å². The van der Waals surface area contributed by atoms with Crippen molar-refractivity contribution in [3.63, 3.8) is 0 Å². The van der Waals surface area contributed by atoms with Crippen molar-refractivity contribution in [1.29, 1.82) is 0 Å². The van der Waals surface area contributed by atoms with Crippen molar-refractivity contribution in [2.75, 3.05) is 54.1 Å². The Morgan fingerprint density at radius 1 is 0.786 bits per heavy atom. The van der Waals surface area contributed by atoms with Crippen LogP contribution in [0.1, 0.15) is 122 Å². The number of quaternary nitrogens is 1. The Morgan fingerprint density at radius 3 is 1.76 bits per heavy atom. The number of hydrogen-bond acceptors (Lipinski definition) is 7. The van der Waals surface area contributed by atoms with E-state index in [2.05, 4.69) is 12.2 Å². The molecule has 2 bridgehead atoms. The molecule has 1 unspecified atom stereocenters. The maximum absolute atomic E-state index is 12.3. The Labute approximate surface area is 257 Å². The first-order valence-electron chi connectivity index (χ1n) is 17.1. The van der Waals surface area contributed by atoms with E-state index in [0.29, 0.717) is 17.6 Å². The summed E-state index contributed by atoms with van der Waals surface area (Å²) in [6.45, 7) is 3.70. The number of carbonyl (C=O) groups excluding carboxylic acids is 1. The van der Waals surface area contributed by atoms with E-state index in [4.69, 9.17) is 18.5 Å². The van der Waals surface area contributed by atoms with Gasteiger partial charge < -0.3 is 33.2 Å². The van der Waals surface area contributed by atoms with Crippen molar-refractivity contribution in [2.45, 2.75) is 135 Å². The van der Waals surface area contributed by atoms with Gasteiger partial charge in [-0.1, -0.05) is 103 Å². The number of likely N-dealkylation sites (N-methyl/N-ethyl adjacent to an activating group) is 1. The fourth-order valence-corrected chi connectivity index (χ4v) is 6.79. The second kappa shape index (κ2) is 21.1. The third-order valence-corrected chi connectivity index (χ3v) is 9.70. The molecule has 5 atom stereocenters. The maximum atomic E-state index is 12.3. The molecule has 10 heteroatoms. The van der Waals surface area contributed by atoms with E-state index >= 15 is 0 Å². The number of fused-ring (bicyclic) bond motifs is 2. The zero-order chi connectivity index (χ0) is 30.7. The first-order valence-corrected chi connectivity index (χ1v) is 18.5. The van der Waals surface area contributed by atoms with Gasteiger partial charge in [0.15, 0.2) is 0 Å². The van der Waals surface area contributed by atoms with Crippen LogP contribution >= 0.6 is 7.82 Å². The van der Waals surface area contributed by atoms with Gasteiger partial charge >= 0.3 is 6.09 Å². The number of phosphoric acid groups is 1. The third-order valence-electron chi connectivity index (χ3n) is 8.73. The highest BCUT2D eigenvalue weighted by molar-refractivity contribution is 7.45. The monoisotopic (exact) mass is 618 g/mol. The van der Waals surface area contributed by atoms with Gasteiger partial charge in [-0.3, -0.25) is 4.57 Å². The topological polar surface area (TPSA) is 106 Å². The molecule has 0 aromatic rings. The van der Waals surface area contributed by atoms with Gasteiger partial charge in [0.2, 0.25) is 0 Å². The number of nitrogens with zero attached hydrogens (tertiary/aromatic N) is 1. The Hall–Kier alpha value is -0.700. The minimum absolute atomic E-state index is 0.0127. The molecule has 1 N–H and O–H groups in total. The number of alkyl carbamates (subject to hydrolysis) is 1. The molecule has 9 nitrogen and oxygen atoms in total. The normalized spacial score (nSPS) is 23.3. The number of unbranched alkanes of at least 4 members (excludes halogenated alkanes) is 15. The Kier molecular flexibility index (Phi) is 18.8. The second-order valence-corrected chi connectivity index (χ2v) is 14.9. The molecule has 42 heavy (non-hydrogen) atoms. The third kappa shape index (κ3) is 17.0. The van der Waals surface area contributed by atoms with Gasteiger partial charge in [-0.25, -0.2) is 4.79 Å². The number of amides is 1. The zero-order valence-corrected chi connectivity index (χ0v) is 28.2. The lowest BCUT2D eigenvalue weighted by Gasteiger charge is -2.31. The van der Waals surface area contributed by atoms with Crippen molar-refractivity contribution in [3.8, 4) is 0 Å². The first kappa shape index (κ1) is 37.5. The lowest BCUT2D eigenvalue weighted by Crippen LogP contribution is -2.38. The molecule has 0 radical (unpaired) electrons. The quantitative estimate of drug-likeness (QED) is 0.0634. The summed E-state index contributed by atoms with van der Waals surface area (Å²) in [6, 6.07) is 0. The number of phosphoric ester groups is 1. The number of hydrogen-bond donors (Lipinski definition) is 1. The van der Waals surface area contributed by atoms with E-state index in [-0.39, 0.29) is 43.9 Å². The van der Waals surface area contributed by atoms with E-state index in [1.165, 1.54) is 89.9 Å². The summed E-state index contributed by atoms with van der Waals surface area (Å²) < 4.78 is 34.6. The van der Waals surface area contributed by atoms with Crippen LogP contribution in [0.25, 0.3) is 0 Å². The fourth-order valence-electron chi connectivity index (χ4n) is 6.06. The number of nitrogens with one attached hydrogen (secondary N) is 1. The van der Waals surface area contributed by atoms with Crippen LogP contribution < -0.4 is 10.2 Å². The Bertz CT molecular complexity index is 764. The molecule has 0 spiro atoms. The highest BCUT2D eigenvalue weighted by Crippen LogP contribution is 2.47. The van der Waals surface area contributed by atoms with Crippen LogP contribution in [0, 0.1) is 11.8 Å². The highest BCUT2D eigenvalue weighted by atomic mass is 31.2. The van der Waals surface area contributed by atoms with Crippen molar-refractivity contribution in [2.24, 2.45) is 11.8 Å². The molecule has 2 heterocycles. The van der Waals surface area contributed by atoms with Crippen LogP contribution in [0.5, 0.6) is 0 Å². The predicted molar refractivity (Wildman–Crippen MR) is 166 cm³/mol. The van der Waals surface area contributed by atoms with Gasteiger partial charge in [-0.05, 0) is 19.3 Å². The molecule has 2 aliphatic heterocycles. The number of carbonyl (C=O) groups is 1. The second-order valence-electron chi connectivity index (χ2n) is 13.5. The molecule has 0 aromatic heterocycles. The lowest BCUT2D eigenvalue weighted by atomic mass is 9.80. The Morgan fingerprint density at radius 2 is 1.26 bits per heavy atom. The Balaban J connectivity index is 1.46. The molecule has 0 aromatic carbocycles. The molecular weight excluding hydrogens is 555 g/mol. The van der Waals surface area contributed by atoms with Gasteiger partial charge in [-0.2, -0.15) is 0 Å². The van der Waals surface area contributed by atoms with Gasteiger partial charge in [0.05, 0.1) is 46.6 Å². The smallest absolute Gasteiger partial charge is 0.407 e. The molecule has 2 fully saturated rings. The lowest BCUT2D eigenvalue weighted by molar-refractivity contribution is -0.870. The highest BCUT2D eigenvalue weighted by Gasteiger charge is 2.49. The van der Waals surface area contributed by atoms with Crippen LogP contribution in [0.2, 0.25) is 0 Å². The zero-order valence-electron chi connectivity index (χ0n) is 27.3. The van der Waals surface area contributed by atoms with Crippen molar-refractivity contribution in [1.82, 2.24) is 5.32 Å².